The molecule has 35 heavy (non-hydrogen) atoms. The van der Waals surface area contributed by atoms with Crippen LogP contribution >= 0.6 is 0 Å². The maximum absolute atomic E-state index is 12.6. The van der Waals surface area contributed by atoms with Crippen LogP contribution in [0.15, 0.2) is 60.7 Å². The Kier molecular flexibility index (Phi) is 7.55. The Hall–Kier alpha value is -4.00. The molecule has 182 valence electrons. The van der Waals surface area contributed by atoms with Crippen LogP contribution in [-0.2, 0) is 9.59 Å². The van der Waals surface area contributed by atoms with Crippen molar-refractivity contribution >= 4 is 23.2 Å². The second-order valence-electron chi connectivity index (χ2n) is 8.59. The lowest BCUT2D eigenvalue weighted by Crippen LogP contribution is -2.39. The normalized spacial score (nSPS) is 12.5. The van der Waals surface area contributed by atoms with E-state index in [1.807, 2.05) is 63.2 Å². The molecule has 2 amide bonds. The molecule has 0 unspecified atom stereocenters. The summed E-state index contributed by atoms with van der Waals surface area (Å²) < 4.78 is 17.1. The van der Waals surface area contributed by atoms with Gasteiger partial charge in [-0.05, 0) is 68.7 Å². The van der Waals surface area contributed by atoms with Gasteiger partial charge in [-0.25, -0.2) is 0 Å². The van der Waals surface area contributed by atoms with Crippen LogP contribution in [0.25, 0.3) is 0 Å². The van der Waals surface area contributed by atoms with Gasteiger partial charge in [0.2, 0.25) is 0 Å². The van der Waals surface area contributed by atoms with Crippen molar-refractivity contribution in [2.45, 2.75) is 27.2 Å². The number of nitrogens with one attached hydrogen (secondary N) is 1. The molecule has 1 heterocycles. The highest BCUT2D eigenvalue weighted by atomic mass is 16.5. The standard InChI is InChI=1S/C28H30N2O5/c1-19-8-11-23(12-9-19)33-15-5-14-30-24-16-22(10-13-25(24)34-18-27(30)32)29-26(31)17-35-28-20(2)6-4-7-21(28)3/h4,6-13,16H,5,14-15,17-18H2,1-3H3,(H,29,31). The van der Waals surface area contributed by atoms with Crippen molar-refractivity contribution in [3.05, 3.63) is 77.4 Å². The van der Waals surface area contributed by atoms with E-state index in [-0.39, 0.29) is 25.0 Å². The number of amides is 2. The molecule has 4 rings (SSSR count). The Morgan fingerprint density at radius 2 is 1.74 bits per heavy atom. The molecule has 0 fully saturated rings. The van der Waals surface area contributed by atoms with E-state index in [1.165, 1.54) is 5.56 Å². The van der Waals surface area contributed by atoms with Crippen LogP contribution in [0.4, 0.5) is 11.4 Å². The summed E-state index contributed by atoms with van der Waals surface area (Å²) in [4.78, 5) is 26.8. The Labute approximate surface area is 205 Å². The summed E-state index contributed by atoms with van der Waals surface area (Å²) in [6.45, 7) is 6.76. The van der Waals surface area contributed by atoms with Crippen molar-refractivity contribution in [2.75, 3.05) is 36.6 Å². The number of carbonyl (C=O) groups is 2. The van der Waals surface area contributed by atoms with Gasteiger partial charge >= 0.3 is 0 Å². The zero-order chi connectivity index (χ0) is 24.8. The second-order valence-corrected chi connectivity index (χ2v) is 8.59. The predicted molar refractivity (Wildman–Crippen MR) is 136 cm³/mol. The number of benzene rings is 3. The van der Waals surface area contributed by atoms with E-state index in [4.69, 9.17) is 14.2 Å². The lowest BCUT2D eigenvalue weighted by atomic mass is 10.1. The fraction of sp³-hybridized carbons (Fsp3) is 0.286. The molecule has 0 radical (unpaired) electrons. The van der Waals surface area contributed by atoms with Gasteiger partial charge in [-0.3, -0.25) is 9.59 Å². The predicted octanol–water partition coefficient (Wildman–Crippen LogP) is 4.82. The molecule has 3 aromatic rings. The zero-order valence-corrected chi connectivity index (χ0v) is 20.3. The molecule has 7 nitrogen and oxygen atoms in total. The average Bonchev–Trinajstić information content (AvgIpc) is 2.84. The smallest absolute Gasteiger partial charge is 0.265 e. The second kappa shape index (κ2) is 11.0. The van der Waals surface area contributed by atoms with Crippen molar-refractivity contribution in [2.24, 2.45) is 0 Å². The maximum Gasteiger partial charge on any atom is 0.265 e. The Morgan fingerprint density at radius 1 is 1.00 bits per heavy atom. The van der Waals surface area contributed by atoms with Crippen LogP contribution < -0.4 is 24.4 Å². The quantitative estimate of drug-likeness (QED) is 0.450. The minimum absolute atomic E-state index is 0.0128. The molecule has 0 atom stereocenters. The van der Waals surface area contributed by atoms with Gasteiger partial charge in [0.1, 0.15) is 17.2 Å². The van der Waals surface area contributed by atoms with E-state index >= 15 is 0 Å². The molecule has 1 N–H and O–H groups in total. The summed E-state index contributed by atoms with van der Waals surface area (Å²) in [7, 11) is 0. The summed E-state index contributed by atoms with van der Waals surface area (Å²) in [5, 5.41) is 2.85. The lowest BCUT2D eigenvalue weighted by Gasteiger charge is -2.30. The number of hydrogen-bond donors (Lipinski definition) is 1. The first-order valence-electron chi connectivity index (χ1n) is 11.7. The molecule has 1 aliphatic rings. The SMILES string of the molecule is Cc1ccc(OCCCN2C(=O)COc3ccc(NC(=O)COc4c(C)cccc4C)cc32)cc1. The molecule has 0 aromatic heterocycles. The number of para-hydroxylation sites is 1. The number of anilines is 2. The van der Waals surface area contributed by atoms with Crippen molar-refractivity contribution in [3.63, 3.8) is 0 Å². The third kappa shape index (κ3) is 6.12. The lowest BCUT2D eigenvalue weighted by molar-refractivity contribution is -0.121. The van der Waals surface area contributed by atoms with Crippen molar-refractivity contribution < 1.29 is 23.8 Å². The first-order valence-corrected chi connectivity index (χ1v) is 11.7. The highest BCUT2D eigenvalue weighted by molar-refractivity contribution is 5.99. The van der Waals surface area contributed by atoms with Crippen LogP contribution in [0.5, 0.6) is 17.2 Å². The molecule has 0 saturated carbocycles. The van der Waals surface area contributed by atoms with Gasteiger partial charge in [0.25, 0.3) is 11.8 Å². The molecular weight excluding hydrogens is 444 g/mol. The van der Waals surface area contributed by atoms with Crippen LogP contribution in [0.1, 0.15) is 23.1 Å². The number of aryl methyl sites for hydroxylation is 3. The van der Waals surface area contributed by atoms with Crippen LogP contribution in [0.2, 0.25) is 0 Å². The summed E-state index contributed by atoms with van der Waals surface area (Å²) in [5.41, 5.74) is 4.32. The minimum atomic E-state index is -0.284. The minimum Gasteiger partial charge on any atom is -0.494 e. The van der Waals surface area contributed by atoms with Gasteiger partial charge in [0.05, 0.1) is 12.3 Å². The van der Waals surface area contributed by atoms with Crippen LogP contribution in [-0.4, -0.2) is 38.2 Å². The monoisotopic (exact) mass is 474 g/mol. The highest BCUT2D eigenvalue weighted by Crippen LogP contribution is 2.34. The van der Waals surface area contributed by atoms with E-state index in [9.17, 15) is 9.59 Å². The van der Waals surface area contributed by atoms with Gasteiger partial charge in [0.15, 0.2) is 13.2 Å². The summed E-state index contributed by atoms with van der Waals surface area (Å²) in [5.74, 6) is 1.71. The van der Waals surface area contributed by atoms with E-state index in [0.717, 1.165) is 16.9 Å². The summed E-state index contributed by atoms with van der Waals surface area (Å²) >= 11 is 0. The third-order valence-electron chi connectivity index (χ3n) is 5.76. The Morgan fingerprint density at radius 3 is 2.49 bits per heavy atom. The molecule has 0 aliphatic carbocycles. The van der Waals surface area contributed by atoms with Gasteiger partial charge in [0, 0.05) is 12.2 Å². The first kappa shape index (κ1) is 24.1. The molecule has 3 aromatic carbocycles. The summed E-state index contributed by atoms with van der Waals surface area (Å²) in [6, 6.07) is 19.0. The number of fused-ring (bicyclic) bond motifs is 1. The van der Waals surface area contributed by atoms with Gasteiger partial charge < -0.3 is 24.4 Å². The molecule has 1 aliphatic heterocycles. The molecule has 7 heteroatoms. The fourth-order valence-corrected chi connectivity index (χ4v) is 3.93. The van der Waals surface area contributed by atoms with Crippen molar-refractivity contribution in [3.8, 4) is 17.2 Å². The van der Waals surface area contributed by atoms with Gasteiger partial charge in [-0.15, -0.1) is 0 Å². The van der Waals surface area contributed by atoms with Gasteiger partial charge in [-0.2, -0.15) is 0 Å². The fourth-order valence-electron chi connectivity index (χ4n) is 3.93. The first-order chi connectivity index (χ1) is 16.9. The molecule has 0 bridgehead atoms. The van der Waals surface area contributed by atoms with Gasteiger partial charge in [-0.1, -0.05) is 35.9 Å². The number of hydrogen-bond acceptors (Lipinski definition) is 5. The van der Waals surface area contributed by atoms with E-state index in [0.29, 0.717) is 42.4 Å². The van der Waals surface area contributed by atoms with E-state index in [1.54, 1.807) is 23.1 Å². The topological polar surface area (TPSA) is 77.1 Å². The number of carbonyl (C=O) groups excluding carboxylic acids is 2. The highest BCUT2D eigenvalue weighted by Gasteiger charge is 2.25. The molecule has 0 spiro atoms. The molecule has 0 saturated heterocycles. The zero-order valence-electron chi connectivity index (χ0n) is 20.3. The Balaban J connectivity index is 1.36. The number of nitrogens with zero attached hydrogens (tertiary/aromatic N) is 1. The number of ether oxygens (including phenoxy) is 3. The van der Waals surface area contributed by atoms with Crippen LogP contribution in [0.3, 0.4) is 0 Å². The number of rotatable bonds is 9. The maximum atomic E-state index is 12.6. The van der Waals surface area contributed by atoms with Crippen molar-refractivity contribution in [1.29, 1.82) is 0 Å². The summed E-state index contributed by atoms with van der Waals surface area (Å²) in [6.07, 6.45) is 0.652. The largest absolute Gasteiger partial charge is 0.494 e. The van der Waals surface area contributed by atoms with E-state index < -0.39 is 0 Å². The third-order valence-corrected chi connectivity index (χ3v) is 5.76. The molecular formula is C28H30N2O5. The van der Waals surface area contributed by atoms with Crippen LogP contribution in [0, 0.1) is 20.8 Å². The Bertz CT molecular complexity index is 1190. The average molecular weight is 475 g/mol. The van der Waals surface area contributed by atoms with E-state index in [2.05, 4.69) is 5.32 Å². The van der Waals surface area contributed by atoms with Crippen molar-refractivity contribution in [1.82, 2.24) is 0 Å².